The third-order valence-electron chi connectivity index (χ3n) is 5.19. The highest BCUT2D eigenvalue weighted by atomic mass is 16.2. The van der Waals surface area contributed by atoms with E-state index in [0.29, 0.717) is 12.3 Å². The summed E-state index contributed by atoms with van der Waals surface area (Å²) < 4.78 is 0. The summed E-state index contributed by atoms with van der Waals surface area (Å²) in [5.41, 5.74) is 0.765. The first kappa shape index (κ1) is 15.1. The third kappa shape index (κ3) is 3.49. The van der Waals surface area contributed by atoms with Crippen molar-refractivity contribution in [3.8, 4) is 0 Å². The van der Waals surface area contributed by atoms with E-state index in [1.165, 1.54) is 25.7 Å². The second kappa shape index (κ2) is 6.51. The predicted molar refractivity (Wildman–Crippen MR) is 86.3 cm³/mol. The number of rotatable bonds is 5. The van der Waals surface area contributed by atoms with Gasteiger partial charge in [-0.25, -0.2) is 0 Å². The molecule has 0 saturated heterocycles. The molecule has 1 aromatic carbocycles. The molecular weight excluding hydrogens is 276 g/mol. The number of hydrogen-bond acceptors (Lipinski definition) is 2. The van der Waals surface area contributed by atoms with E-state index >= 15 is 0 Å². The minimum Gasteiger partial charge on any atom is -0.336 e. The summed E-state index contributed by atoms with van der Waals surface area (Å²) in [6.45, 7) is 0.120. The van der Waals surface area contributed by atoms with Crippen molar-refractivity contribution < 1.29 is 9.59 Å². The summed E-state index contributed by atoms with van der Waals surface area (Å²) in [6, 6.07) is 9.34. The van der Waals surface area contributed by atoms with E-state index in [2.05, 4.69) is 5.32 Å². The van der Waals surface area contributed by atoms with Crippen molar-refractivity contribution in [3.63, 3.8) is 0 Å². The molecule has 2 amide bonds. The van der Waals surface area contributed by atoms with Crippen LogP contribution in [0, 0.1) is 17.8 Å². The van der Waals surface area contributed by atoms with E-state index in [4.69, 9.17) is 0 Å². The van der Waals surface area contributed by atoms with Gasteiger partial charge in [0.1, 0.15) is 0 Å². The van der Waals surface area contributed by atoms with Crippen LogP contribution in [0.2, 0.25) is 0 Å². The van der Waals surface area contributed by atoms with E-state index in [1.807, 2.05) is 30.3 Å². The molecule has 2 bridgehead atoms. The van der Waals surface area contributed by atoms with E-state index in [1.54, 1.807) is 11.9 Å². The lowest BCUT2D eigenvalue weighted by molar-refractivity contribution is -0.134. The number of benzene rings is 1. The van der Waals surface area contributed by atoms with Gasteiger partial charge in [-0.05, 0) is 49.1 Å². The lowest BCUT2D eigenvalue weighted by Crippen LogP contribution is -2.36. The maximum absolute atomic E-state index is 12.3. The van der Waals surface area contributed by atoms with Gasteiger partial charge < -0.3 is 10.2 Å². The first-order chi connectivity index (χ1) is 10.6. The SMILES string of the molecule is CN(CC(=O)Nc1ccccc1)C(=O)CC1CC2CCC1C2. The molecule has 118 valence electrons. The number of carbonyl (C=O) groups is 2. The second-order valence-corrected chi connectivity index (χ2v) is 6.80. The Labute approximate surface area is 131 Å². The highest BCUT2D eigenvalue weighted by molar-refractivity contribution is 5.94. The van der Waals surface area contributed by atoms with Gasteiger partial charge in [-0.15, -0.1) is 0 Å². The van der Waals surface area contributed by atoms with Gasteiger partial charge in [0.2, 0.25) is 11.8 Å². The summed E-state index contributed by atoms with van der Waals surface area (Å²) in [4.78, 5) is 25.9. The van der Waals surface area contributed by atoms with Crippen LogP contribution in [0.1, 0.15) is 32.1 Å². The number of anilines is 1. The molecule has 3 unspecified atom stereocenters. The summed E-state index contributed by atoms with van der Waals surface area (Å²) in [5.74, 6) is 2.11. The maximum atomic E-state index is 12.3. The lowest BCUT2D eigenvalue weighted by atomic mass is 9.86. The summed E-state index contributed by atoms with van der Waals surface area (Å²) >= 11 is 0. The molecule has 2 aliphatic carbocycles. The summed E-state index contributed by atoms with van der Waals surface area (Å²) in [7, 11) is 1.72. The summed E-state index contributed by atoms with van der Waals surface area (Å²) in [6.07, 6.45) is 5.78. The molecule has 0 heterocycles. The van der Waals surface area contributed by atoms with Crippen molar-refractivity contribution >= 4 is 17.5 Å². The second-order valence-electron chi connectivity index (χ2n) is 6.80. The molecular formula is C18H24N2O2. The van der Waals surface area contributed by atoms with Crippen molar-refractivity contribution in [2.75, 3.05) is 18.9 Å². The molecule has 22 heavy (non-hydrogen) atoms. The Morgan fingerprint density at radius 3 is 2.59 bits per heavy atom. The number of carbonyl (C=O) groups excluding carboxylic acids is 2. The fourth-order valence-corrected chi connectivity index (χ4v) is 4.03. The largest absolute Gasteiger partial charge is 0.336 e. The minimum absolute atomic E-state index is 0.0979. The van der Waals surface area contributed by atoms with Gasteiger partial charge in [-0.2, -0.15) is 0 Å². The summed E-state index contributed by atoms with van der Waals surface area (Å²) in [5, 5.41) is 2.82. The van der Waals surface area contributed by atoms with Crippen molar-refractivity contribution in [1.29, 1.82) is 0 Å². The third-order valence-corrected chi connectivity index (χ3v) is 5.19. The van der Waals surface area contributed by atoms with Crippen molar-refractivity contribution in [2.24, 2.45) is 17.8 Å². The van der Waals surface area contributed by atoms with Crippen LogP contribution in [-0.2, 0) is 9.59 Å². The Morgan fingerprint density at radius 1 is 1.18 bits per heavy atom. The van der Waals surface area contributed by atoms with E-state index in [0.717, 1.165) is 17.5 Å². The van der Waals surface area contributed by atoms with Gasteiger partial charge in [-0.3, -0.25) is 9.59 Å². The fourth-order valence-electron chi connectivity index (χ4n) is 4.03. The van der Waals surface area contributed by atoms with E-state index < -0.39 is 0 Å². The van der Waals surface area contributed by atoms with Crippen molar-refractivity contribution in [2.45, 2.75) is 32.1 Å². The smallest absolute Gasteiger partial charge is 0.243 e. The lowest BCUT2D eigenvalue weighted by Gasteiger charge is -2.24. The molecule has 0 spiro atoms. The Morgan fingerprint density at radius 2 is 1.95 bits per heavy atom. The van der Waals surface area contributed by atoms with E-state index in [-0.39, 0.29) is 18.4 Å². The molecule has 4 heteroatoms. The standard InChI is InChI=1S/C18H24N2O2/c1-20(12-17(21)19-16-5-3-2-4-6-16)18(22)11-15-10-13-7-8-14(15)9-13/h2-6,13-15H,7-12H2,1H3,(H,19,21). The molecule has 0 radical (unpaired) electrons. The Hall–Kier alpha value is -1.84. The van der Waals surface area contributed by atoms with Crippen molar-refractivity contribution in [3.05, 3.63) is 30.3 Å². The molecule has 2 saturated carbocycles. The Kier molecular flexibility index (Phi) is 4.46. The number of amides is 2. The van der Waals surface area contributed by atoms with Crippen LogP contribution in [0.15, 0.2) is 30.3 Å². The zero-order valence-corrected chi connectivity index (χ0v) is 13.1. The van der Waals surface area contributed by atoms with Crippen LogP contribution in [-0.4, -0.2) is 30.3 Å². The van der Waals surface area contributed by atoms with Crippen LogP contribution in [0.3, 0.4) is 0 Å². The highest BCUT2D eigenvalue weighted by Crippen LogP contribution is 2.49. The van der Waals surface area contributed by atoms with Crippen LogP contribution in [0.4, 0.5) is 5.69 Å². The van der Waals surface area contributed by atoms with Gasteiger partial charge in [-0.1, -0.05) is 24.6 Å². The fraction of sp³-hybridized carbons (Fsp3) is 0.556. The zero-order chi connectivity index (χ0) is 15.5. The molecule has 0 aromatic heterocycles. The van der Waals surface area contributed by atoms with Gasteiger partial charge >= 0.3 is 0 Å². The number of fused-ring (bicyclic) bond motifs is 2. The minimum atomic E-state index is -0.144. The molecule has 3 atom stereocenters. The first-order valence-electron chi connectivity index (χ1n) is 8.20. The van der Waals surface area contributed by atoms with E-state index in [9.17, 15) is 9.59 Å². The normalized spacial score (nSPS) is 26.0. The van der Waals surface area contributed by atoms with Crippen LogP contribution < -0.4 is 5.32 Å². The number of para-hydroxylation sites is 1. The number of likely N-dealkylation sites (N-methyl/N-ethyl adjacent to an activating group) is 1. The van der Waals surface area contributed by atoms with Crippen LogP contribution >= 0.6 is 0 Å². The number of nitrogens with zero attached hydrogens (tertiary/aromatic N) is 1. The molecule has 1 N–H and O–H groups in total. The first-order valence-corrected chi connectivity index (χ1v) is 8.20. The Bertz CT molecular complexity index is 543. The monoisotopic (exact) mass is 300 g/mol. The number of hydrogen-bond donors (Lipinski definition) is 1. The van der Waals surface area contributed by atoms with Crippen LogP contribution in [0.5, 0.6) is 0 Å². The maximum Gasteiger partial charge on any atom is 0.243 e. The van der Waals surface area contributed by atoms with Crippen molar-refractivity contribution in [1.82, 2.24) is 4.90 Å². The van der Waals surface area contributed by atoms with Crippen LogP contribution in [0.25, 0.3) is 0 Å². The highest BCUT2D eigenvalue weighted by Gasteiger charge is 2.40. The molecule has 2 fully saturated rings. The molecule has 1 aromatic rings. The Balaban J connectivity index is 1.45. The van der Waals surface area contributed by atoms with Gasteiger partial charge in [0.05, 0.1) is 6.54 Å². The molecule has 2 aliphatic rings. The van der Waals surface area contributed by atoms with Gasteiger partial charge in [0.15, 0.2) is 0 Å². The average Bonchev–Trinajstić information content (AvgIpc) is 3.10. The quantitative estimate of drug-likeness (QED) is 0.909. The number of nitrogens with one attached hydrogen (secondary N) is 1. The molecule has 3 rings (SSSR count). The zero-order valence-electron chi connectivity index (χ0n) is 13.1. The topological polar surface area (TPSA) is 49.4 Å². The molecule has 0 aliphatic heterocycles. The predicted octanol–water partition coefficient (Wildman–Crippen LogP) is 2.91. The molecule has 4 nitrogen and oxygen atoms in total. The van der Waals surface area contributed by atoms with Gasteiger partial charge in [0, 0.05) is 19.2 Å². The average molecular weight is 300 g/mol. The van der Waals surface area contributed by atoms with Gasteiger partial charge in [0.25, 0.3) is 0 Å².